The highest BCUT2D eigenvalue weighted by Gasteiger charge is 2.47. The molecule has 0 aromatic heterocycles. The van der Waals surface area contributed by atoms with Crippen LogP contribution in [0.5, 0.6) is 5.75 Å². The average molecular weight is 663 g/mol. The van der Waals surface area contributed by atoms with Crippen LogP contribution >= 0.6 is 11.6 Å². The van der Waals surface area contributed by atoms with Crippen LogP contribution in [0.1, 0.15) is 59.3 Å². The standard InChI is InChI=1S/C27H41ClN4O9S.C2H6/c1-3-21-18-32(42(35,36)30-13-11-23(12-14-30)40-22-9-7-20(28)8-10-22)24(19-31(21)27(34)39-17-16-37-2)26(33)29-41-25-6-4-5-15-38-25;1-2/h7-10,21,23-25H,3-6,11-19H2,1-2H3,(H,29,33);1-2H3/t21-,24?,25?;/m1./s1. The van der Waals surface area contributed by atoms with Crippen molar-refractivity contribution < 1.29 is 41.8 Å². The maximum Gasteiger partial charge on any atom is 0.410 e. The molecule has 4 rings (SSSR count). The molecule has 3 aliphatic rings. The summed E-state index contributed by atoms with van der Waals surface area (Å²) in [5.41, 5.74) is 2.39. The van der Waals surface area contributed by atoms with Gasteiger partial charge in [-0.15, -0.1) is 0 Å². The first-order valence-electron chi connectivity index (χ1n) is 15.4. The summed E-state index contributed by atoms with van der Waals surface area (Å²) in [4.78, 5) is 33.3. The van der Waals surface area contributed by atoms with Gasteiger partial charge in [0, 0.05) is 50.8 Å². The van der Waals surface area contributed by atoms with Crippen LogP contribution in [0.25, 0.3) is 0 Å². The van der Waals surface area contributed by atoms with Gasteiger partial charge in [-0.3, -0.25) is 4.79 Å². The minimum absolute atomic E-state index is 0.0380. The number of methoxy groups -OCH3 is 1. The fraction of sp³-hybridized carbons (Fsp3) is 0.724. The van der Waals surface area contributed by atoms with Crippen LogP contribution in [0, 0.1) is 0 Å². The van der Waals surface area contributed by atoms with E-state index >= 15 is 0 Å². The van der Waals surface area contributed by atoms with Crippen LogP contribution < -0.4 is 10.2 Å². The number of halogens is 1. The topological polar surface area (TPSA) is 136 Å². The van der Waals surface area contributed by atoms with Gasteiger partial charge in [-0.25, -0.2) is 15.1 Å². The molecule has 15 heteroatoms. The third-order valence-corrected chi connectivity index (χ3v) is 9.90. The van der Waals surface area contributed by atoms with E-state index < -0.39 is 40.6 Å². The van der Waals surface area contributed by atoms with E-state index in [0.717, 1.165) is 12.8 Å². The van der Waals surface area contributed by atoms with Gasteiger partial charge in [-0.05, 0) is 56.4 Å². The molecular formula is C29H47ClN4O9S. The van der Waals surface area contributed by atoms with Gasteiger partial charge >= 0.3 is 6.09 Å². The summed E-state index contributed by atoms with van der Waals surface area (Å²) in [5.74, 6) is -0.0170. The van der Waals surface area contributed by atoms with Crippen LogP contribution in [0.4, 0.5) is 4.79 Å². The van der Waals surface area contributed by atoms with Crippen LogP contribution in [0.2, 0.25) is 5.02 Å². The number of hydroxylamine groups is 1. The summed E-state index contributed by atoms with van der Waals surface area (Å²) in [6.45, 7) is 6.80. The van der Waals surface area contributed by atoms with Gasteiger partial charge in [0.05, 0.1) is 13.2 Å². The molecule has 44 heavy (non-hydrogen) atoms. The van der Waals surface area contributed by atoms with Crippen LogP contribution in [0.15, 0.2) is 24.3 Å². The number of rotatable bonds is 11. The number of nitrogens with one attached hydrogen (secondary N) is 1. The highest BCUT2D eigenvalue weighted by Crippen LogP contribution is 2.28. The molecule has 1 N–H and O–H groups in total. The largest absolute Gasteiger partial charge is 0.490 e. The van der Waals surface area contributed by atoms with Crippen LogP contribution in [-0.2, 0) is 34.1 Å². The molecule has 3 saturated heterocycles. The molecule has 0 bridgehead atoms. The molecule has 1 aromatic rings. The van der Waals surface area contributed by atoms with Crippen molar-refractivity contribution in [3.63, 3.8) is 0 Å². The second kappa shape index (κ2) is 18.1. The Morgan fingerprint density at radius 1 is 1.05 bits per heavy atom. The molecule has 2 amide bonds. The normalized spacial score (nSPS) is 23.8. The van der Waals surface area contributed by atoms with Crippen molar-refractivity contribution in [1.29, 1.82) is 0 Å². The molecule has 3 aliphatic heterocycles. The number of carbonyl (C=O) groups excluding carboxylic acids is 2. The van der Waals surface area contributed by atoms with Crippen molar-refractivity contribution in [2.24, 2.45) is 0 Å². The van der Waals surface area contributed by atoms with E-state index in [2.05, 4.69) is 5.48 Å². The number of amides is 2. The zero-order valence-electron chi connectivity index (χ0n) is 26.1. The van der Waals surface area contributed by atoms with Crippen LogP contribution in [0.3, 0.4) is 0 Å². The third-order valence-electron chi connectivity index (χ3n) is 7.64. The predicted molar refractivity (Wildman–Crippen MR) is 164 cm³/mol. The lowest BCUT2D eigenvalue weighted by atomic mass is 10.1. The molecular weight excluding hydrogens is 616 g/mol. The van der Waals surface area contributed by atoms with Crippen molar-refractivity contribution in [2.45, 2.75) is 83.8 Å². The zero-order chi connectivity index (χ0) is 32.1. The number of nitrogens with zero attached hydrogens (tertiary/aromatic N) is 3. The van der Waals surface area contributed by atoms with E-state index in [1.807, 2.05) is 20.8 Å². The highest BCUT2D eigenvalue weighted by molar-refractivity contribution is 7.86. The molecule has 0 spiro atoms. The second-order valence-electron chi connectivity index (χ2n) is 10.5. The molecule has 2 unspecified atom stereocenters. The number of hydrogen-bond acceptors (Lipinski definition) is 9. The lowest BCUT2D eigenvalue weighted by molar-refractivity contribution is -0.202. The Morgan fingerprint density at radius 2 is 1.75 bits per heavy atom. The first-order valence-corrected chi connectivity index (χ1v) is 17.2. The lowest BCUT2D eigenvalue weighted by Crippen LogP contribution is -2.67. The fourth-order valence-electron chi connectivity index (χ4n) is 5.23. The molecule has 3 fully saturated rings. The number of hydrogen-bond donors (Lipinski definition) is 1. The molecule has 3 atom stereocenters. The Balaban J connectivity index is 0.00000259. The Kier molecular flexibility index (Phi) is 14.9. The monoisotopic (exact) mass is 662 g/mol. The predicted octanol–water partition coefficient (Wildman–Crippen LogP) is 3.58. The van der Waals surface area contributed by atoms with Gasteiger partial charge in [0.1, 0.15) is 24.5 Å². The van der Waals surface area contributed by atoms with Gasteiger partial charge in [0.25, 0.3) is 16.1 Å². The van der Waals surface area contributed by atoms with Gasteiger partial charge in [0.15, 0.2) is 6.29 Å². The third kappa shape index (κ3) is 9.90. The maximum absolute atomic E-state index is 14.0. The van der Waals surface area contributed by atoms with Gasteiger partial charge < -0.3 is 23.8 Å². The molecule has 0 saturated carbocycles. The van der Waals surface area contributed by atoms with Gasteiger partial charge in [0.2, 0.25) is 0 Å². The van der Waals surface area contributed by atoms with E-state index in [9.17, 15) is 18.0 Å². The van der Waals surface area contributed by atoms with Gasteiger partial charge in [-0.1, -0.05) is 32.4 Å². The van der Waals surface area contributed by atoms with Crippen molar-refractivity contribution >= 4 is 33.8 Å². The molecule has 1 aromatic carbocycles. The Labute approximate surface area is 266 Å². The van der Waals surface area contributed by atoms with Crippen molar-refractivity contribution in [2.75, 3.05) is 53.1 Å². The minimum atomic E-state index is -4.09. The number of ether oxygens (including phenoxy) is 4. The summed E-state index contributed by atoms with van der Waals surface area (Å²) in [7, 11) is -2.59. The number of piperazine rings is 1. The van der Waals surface area contributed by atoms with E-state index in [4.69, 9.17) is 35.4 Å². The van der Waals surface area contributed by atoms with E-state index in [0.29, 0.717) is 43.1 Å². The van der Waals surface area contributed by atoms with E-state index in [1.54, 1.807) is 24.3 Å². The quantitative estimate of drug-likeness (QED) is 0.279. The molecule has 13 nitrogen and oxygen atoms in total. The molecule has 0 aliphatic carbocycles. The summed E-state index contributed by atoms with van der Waals surface area (Å²) >= 11 is 5.96. The molecule has 3 heterocycles. The Morgan fingerprint density at radius 3 is 2.36 bits per heavy atom. The summed E-state index contributed by atoms with van der Waals surface area (Å²) < 4.78 is 52.4. The highest BCUT2D eigenvalue weighted by atomic mass is 35.5. The van der Waals surface area contributed by atoms with Crippen molar-refractivity contribution in [3.05, 3.63) is 29.3 Å². The zero-order valence-corrected chi connectivity index (χ0v) is 27.7. The van der Waals surface area contributed by atoms with E-state index in [1.165, 1.54) is 20.6 Å². The summed E-state index contributed by atoms with van der Waals surface area (Å²) in [6, 6.07) is 5.30. The number of benzene rings is 1. The van der Waals surface area contributed by atoms with Crippen molar-refractivity contribution in [1.82, 2.24) is 19.0 Å². The Bertz CT molecular complexity index is 1130. The number of piperidine rings is 1. The van der Waals surface area contributed by atoms with Crippen molar-refractivity contribution in [3.8, 4) is 5.75 Å². The Hall–Kier alpha value is -2.20. The smallest absolute Gasteiger partial charge is 0.410 e. The SMILES string of the molecule is CC.CC[C@@H]1CN(S(=O)(=O)N2CCC(Oc3ccc(Cl)cc3)CC2)C(C(=O)NOC2CCCCO2)CN1C(=O)OCCOC. The summed E-state index contributed by atoms with van der Waals surface area (Å²) in [5, 5.41) is 0.604. The van der Waals surface area contributed by atoms with Gasteiger partial charge in [-0.2, -0.15) is 17.0 Å². The first-order chi connectivity index (χ1) is 21.2. The molecule has 250 valence electrons. The molecule has 0 radical (unpaired) electrons. The maximum atomic E-state index is 14.0. The fourth-order valence-corrected chi connectivity index (χ4v) is 7.17. The first kappa shape index (κ1) is 36.3. The summed E-state index contributed by atoms with van der Waals surface area (Å²) in [6.07, 6.45) is 2.40. The van der Waals surface area contributed by atoms with Crippen LogP contribution in [-0.4, -0.2) is 112 Å². The average Bonchev–Trinajstić information content (AvgIpc) is 3.05. The van der Waals surface area contributed by atoms with E-state index in [-0.39, 0.29) is 45.5 Å². The second-order valence-corrected chi connectivity index (χ2v) is 12.8. The minimum Gasteiger partial charge on any atom is -0.490 e. The lowest BCUT2D eigenvalue weighted by Gasteiger charge is -2.45. The number of carbonyl (C=O) groups is 2.